The predicted octanol–water partition coefficient (Wildman–Crippen LogP) is 2.89. The minimum absolute atomic E-state index is 0. The molecule has 0 aromatic heterocycles. The smallest absolute Gasteiger partial charge is 0 e. The van der Waals surface area contributed by atoms with Crippen LogP contribution in [0, 0.1) is 18.3 Å². The number of rotatable bonds is 1. The Morgan fingerprint density at radius 3 is 1.77 bits per heavy atom. The molecule has 0 spiro atoms. The Morgan fingerprint density at radius 2 is 1.69 bits per heavy atom. The zero-order valence-corrected chi connectivity index (χ0v) is 11.9. The van der Waals surface area contributed by atoms with Crippen LogP contribution in [0.15, 0.2) is 0 Å². The second-order valence-electron chi connectivity index (χ2n) is 2.76. The van der Waals surface area contributed by atoms with E-state index < -0.39 is 0 Å². The first-order chi connectivity index (χ1) is 5.74. The molecule has 0 saturated heterocycles. The quantitative estimate of drug-likeness (QED) is 0.737. The van der Waals surface area contributed by atoms with E-state index in [-0.39, 0.29) is 32.7 Å². The van der Waals surface area contributed by atoms with E-state index in [4.69, 9.17) is 9.90 Å². The van der Waals surface area contributed by atoms with Crippen LogP contribution in [0.2, 0.25) is 0 Å². The van der Waals surface area contributed by atoms with E-state index in [0.717, 1.165) is 11.8 Å². The monoisotopic (exact) mass is 261 g/mol. The fourth-order valence-corrected chi connectivity index (χ4v) is 1.24. The molecular weight excluding hydrogens is 241 g/mol. The molecular formula is C10H20O2Y-2. The van der Waals surface area contributed by atoms with Crippen LogP contribution in [-0.4, -0.2) is 11.6 Å². The third-order valence-corrected chi connectivity index (χ3v) is 1.88. The Labute approximate surface area is 107 Å². The average Bonchev–Trinajstić information content (AvgIpc) is 2.04. The molecule has 1 rings (SSSR count). The normalized spacial score (nSPS) is 23.1. The molecule has 0 unspecified atom stereocenters. The number of aliphatic hydroxyl groups excluding tert-OH is 1. The van der Waals surface area contributed by atoms with Gasteiger partial charge >= 0.3 is 0 Å². The van der Waals surface area contributed by atoms with Crippen LogP contribution in [0.5, 0.6) is 0 Å². The molecule has 1 radical (unpaired) electrons. The van der Waals surface area contributed by atoms with Gasteiger partial charge in [-0.2, -0.15) is 12.8 Å². The van der Waals surface area contributed by atoms with Crippen molar-refractivity contribution in [1.82, 2.24) is 0 Å². The van der Waals surface area contributed by atoms with Crippen LogP contribution in [0.4, 0.5) is 0 Å². The summed E-state index contributed by atoms with van der Waals surface area (Å²) in [5, 5.41) is 6.76. The van der Waals surface area contributed by atoms with Crippen LogP contribution in [0.1, 0.15) is 40.5 Å². The summed E-state index contributed by atoms with van der Waals surface area (Å²) < 4.78 is 0. The van der Waals surface area contributed by atoms with Gasteiger partial charge in [-0.1, -0.05) is 40.1 Å². The van der Waals surface area contributed by atoms with Crippen molar-refractivity contribution in [2.75, 3.05) is 0 Å². The molecule has 0 aromatic rings. The summed E-state index contributed by atoms with van der Waals surface area (Å²) in [6, 6.07) is 0. The van der Waals surface area contributed by atoms with E-state index in [1.807, 2.05) is 13.8 Å². The maximum absolute atomic E-state index is 8.24. The summed E-state index contributed by atoms with van der Waals surface area (Å²) in [6.45, 7) is 8.98. The Kier molecular flexibility index (Phi) is 22.2. The first-order valence-electron chi connectivity index (χ1n) is 4.55. The molecule has 0 heterocycles. The van der Waals surface area contributed by atoms with Crippen molar-refractivity contribution < 1.29 is 42.6 Å². The van der Waals surface area contributed by atoms with Crippen molar-refractivity contribution in [2.45, 2.75) is 40.5 Å². The molecule has 1 fully saturated rings. The summed E-state index contributed by atoms with van der Waals surface area (Å²) in [7, 11) is 0. The zero-order valence-electron chi connectivity index (χ0n) is 9.08. The molecule has 2 nitrogen and oxygen atoms in total. The van der Waals surface area contributed by atoms with E-state index in [1.54, 1.807) is 0 Å². The van der Waals surface area contributed by atoms with Crippen LogP contribution in [-0.2, 0) is 37.5 Å². The van der Waals surface area contributed by atoms with E-state index in [2.05, 4.69) is 20.3 Å². The van der Waals surface area contributed by atoms with Gasteiger partial charge in [-0.05, 0) is 5.92 Å². The van der Waals surface area contributed by atoms with E-state index in [9.17, 15) is 0 Å². The van der Waals surface area contributed by atoms with Crippen molar-refractivity contribution in [1.29, 1.82) is 0 Å². The van der Waals surface area contributed by atoms with Crippen LogP contribution in [0.3, 0.4) is 0 Å². The molecule has 1 N–H and O–H groups in total. The van der Waals surface area contributed by atoms with Crippen molar-refractivity contribution in [3.63, 3.8) is 0 Å². The first kappa shape index (κ1) is 19.2. The van der Waals surface area contributed by atoms with Crippen LogP contribution < -0.4 is 0 Å². The van der Waals surface area contributed by atoms with E-state index in [1.165, 1.54) is 12.8 Å². The molecule has 0 atom stereocenters. The third-order valence-electron chi connectivity index (χ3n) is 1.88. The molecule has 0 aliphatic heterocycles. The van der Waals surface area contributed by atoms with Crippen molar-refractivity contribution >= 4 is 6.47 Å². The van der Waals surface area contributed by atoms with Gasteiger partial charge in [-0.3, -0.25) is 0 Å². The van der Waals surface area contributed by atoms with Crippen LogP contribution >= 0.6 is 0 Å². The molecule has 13 heavy (non-hydrogen) atoms. The Morgan fingerprint density at radius 1 is 1.38 bits per heavy atom. The van der Waals surface area contributed by atoms with Gasteiger partial charge in [0, 0.05) is 32.7 Å². The number of hydrogen-bond acceptors (Lipinski definition) is 1. The number of hydrogen-bond donors (Lipinski definition) is 1. The van der Waals surface area contributed by atoms with Gasteiger partial charge in [0.25, 0.3) is 0 Å². The molecule has 1 aliphatic carbocycles. The molecule has 3 heteroatoms. The zero-order chi connectivity index (χ0) is 9.98. The predicted molar refractivity (Wildman–Crippen MR) is 51.5 cm³/mol. The molecule has 0 bridgehead atoms. The molecule has 77 valence electrons. The topological polar surface area (TPSA) is 37.3 Å². The maximum atomic E-state index is 8.24. The Hall–Kier alpha value is 0.574. The Bertz CT molecular complexity index is 90.9. The summed E-state index contributed by atoms with van der Waals surface area (Å²) in [4.78, 5) is 8.24. The molecule has 0 aromatic carbocycles. The Balaban J connectivity index is -0.000000146. The largest absolute Gasteiger partial charge is 0.665 e. The van der Waals surface area contributed by atoms with Gasteiger partial charge in [0.05, 0.1) is 0 Å². The first-order valence-corrected chi connectivity index (χ1v) is 4.55. The maximum Gasteiger partial charge on any atom is 0 e. The fraction of sp³-hybridized carbons (Fsp3) is 0.800. The van der Waals surface area contributed by atoms with Crippen molar-refractivity contribution in [3.8, 4) is 0 Å². The SMILES string of the molecule is CC.C[CH-]C1CC(C)C1.O=[C-]O.[Y]. The minimum atomic E-state index is 0. The second kappa shape index (κ2) is 15.1. The van der Waals surface area contributed by atoms with Gasteiger partial charge in [0.15, 0.2) is 0 Å². The van der Waals surface area contributed by atoms with Gasteiger partial charge in [-0.15, -0.1) is 0 Å². The van der Waals surface area contributed by atoms with Gasteiger partial charge in [0.1, 0.15) is 0 Å². The van der Waals surface area contributed by atoms with Crippen molar-refractivity contribution in [2.24, 2.45) is 11.8 Å². The van der Waals surface area contributed by atoms with Gasteiger partial charge in [-0.25, -0.2) is 0 Å². The summed E-state index contributed by atoms with van der Waals surface area (Å²) in [5.41, 5.74) is 0. The minimum Gasteiger partial charge on any atom is -0.665 e. The van der Waals surface area contributed by atoms with Crippen molar-refractivity contribution in [3.05, 3.63) is 6.42 Å². The summed E-state index contributed by atoms with van der Waals surface area (Å²) in [5.74, 6) is 1.98. The van der Waals surface area contributed by atoms with Crippen LogP contribution in [0.25, 0.3) is 0 Å². The average molecular weight is 261 g/mol. The fourth-order valence-electron chi connectivity index (χ4n) is 1.24. The van der Waals surface area contributed by atoms with E-state index >= 15 is 0 Å². The summed E-state index contributed by atoms with van der Waals surface area (Å²) in [6.07, 6.45) is 5.20. The summed E-state index contributed by atoms with van der Waals surface area (Å²) >= 11 is 0. The van der Waals surface area contributed by atoms with Gasteiger partial charge in [0.2, 0.25) is 0 Å². The molecule has 0 amide bonds. The third kappa shape index (κ3) is 12.6. The van der Waals surface area contributed by atoms with E-state index in [0.29, 0.717) is 6.47 Å². The molecule has 1 saturated carbocycles. The second-order valence-corrected chi connectivity index (χ2v) is 2.76. The standard InChI is InChI=1S/C7H13.C2H6.CHO2.Y/c1-3-7-4-6(2)5-7;1-2;2-1-3;/h3,6-7H,4-5H2,1-2H3;1-2H3;(H,2,3);/q-1;;-1;. The van der Waals surface area contributed by atoms with Gasteiger partial charge < -0.3 is 16.3 Å². The molecule has 1 aliphatic rings.